The van der Waals surface area contributed by atoms with Crippen molar-refractivity contribution in [2.75, 3.05) is 13.2 Å². The molecule has 0 atom stereocenters. The number of halogens is 2. The Morgan fingerprint density at radius 1 is 1.38 bits per heavy atom. The number of aliphatic hydroxyl groups is 1. The average Bonchev–Trinajstić information content (AvgIpc) is 2.00. The van der Waals surface area contributed by atoms with Crippen LogP contribution in [0.15, 0.2) is 21.3 Å². The van der Waals surface area contributed by atoms with Crippen LogP contribution in [0.2, 0.25) is 0 Å². The van der Waals surface area contributed by atoms with E-state index in [-0.39, 0.29) is 0 Å². The minimum Gasteiger partial charge on any atom is -0.380 e. The molecule has 0 amide bonds. The average molecular weight is 309 g/mol. The Labute approximate surface area is 92.4 Å². The molecule has 0 unspecified atom stereocenters. The number of nitrogens with zero attached hydrogens (tertiary/aromatic N) is 1. The highest BCUT2D eigenvalue weighted by molar-refractivity contribution is 9.11. The summed E-state index contributed by atoms with van der Waals surface area (Å²) in [6, 6.07) is 3.64. The highest BCUT2D eigenvalue weighted by Crippen LogP contribution is 2.33. The largest absolute Gasteiger partial charge is 0.380 e. The zero-order valence-electron chi connectivity index (χ0n) is 6.63. The van der Waals surface area contributed by atoms with E-state index in [9.17, 15) is 5.11 Å². The number of pyridine rings is 1. The smallest absolute Gasteiger partial charge is 0.139 e. The van der Waals surface area contributed by atoms with Crippen LogP contribution in [-0.4, -0.2) is 23.3 Å². The Morgan fingerprint density at radius 2 is 2.08 bits per heavy atom. The monoisotopic (exact) mass is 307 g/mol. The molecule has 0 aromatic carbocycles. The first-order valence-corrected chi connectivity index (χ1v) is 5.33. The van der Waals surface area contributed by atoms with Crippen LogP contribution in [0.1, 0.15) is 5.56 Å². The molecule has 1 aliphatic rings. The summed E-state index contributed by atoms with van der Waals surface area (Å²) in [7, 11) is 0. The zero-order valence-corrected chi connectivity index (χ0v) is 9.80. The molecular weight excluding hydrogens is 302 g/mol. The molecule has 5 heteroatoms. The van der Waals surface area contributed by atoms with Crippen LogP contribution in [0.5, 0.6) is 0 Å². The molecule has 1 fully saturated rings. The second-order valence-corrected chi connectivity index (χ2v) is 4.56. The van der Waals surface area contributed by atoms with Gasteiger partial charge >= 0.3 is 0 Å². The summed E-state index contributed by atoms with van der Waals surface area (Å²) in [6.45, 7) is 0.684. The van der Waals surface area contributed by atoms with Gasteiger partial charge in [0.2, 0.25) is 0 Å². The standard InChI is InChI=1S/C8H7Br2NO2/c9-6-2-1-5(7(10)11-6)8(12)3-13-4-8/h1-2,12H,3-4H2. The van der Waals surface area contributed by atoms with Crippen molar-refractivity contribution < 1.29 is 9.84 Å². The molecule has 0 bridgehead atoms. The number of ether oxygens (including phenoxy) is 1. The van der Waals surface area contributed by atoms with Crippen molar-refractivity contribution in [3.63, 3.8) is 0 Å². The van der Waals surface area contributed by atoms with Crippen molar-refractivity contribution in [3.8, 4) is 0 Å². The number of aromatic nitrogens is 1. The molecule has 2 heterocycles. The van der Waals surface area contributed by atoms with Crippen molar-refractivity contribution in [2.45, 2.75) is 5.60 Å². The van der Waals surface area contributed by atoms with E-state index in [0.29, 0.717) is 17.8 Å². The first kappa shape index (κ1) is 9.58. The van der Waals surface area contributed by atoms with Gasteiger partial charge in [0.25, 0.3) is 0 Å². The van der Waals surface area contributed by atoms with Gasteiger partial charge in [-0.25, -0.2) is 4.98 Å². The van der Waals surface area contributed by atoms with E-state index < -0.39 is 5.60 Å². The molecule has 1 saturated heterocycles. The summed E-state index contributed by atoms with van der Waals surface area (Å²) in [4.78, 5) is 4.14. The van der Waals surface area contributed by atoms with Gasteiger partial charge in [0.05, 0.1) is 13.2 Å². The number of rotatable bonds is 1. The van der Waals surface area contributed by atoms with Crippen LogP contribution in [0, 0.1) is 0 Å². The predicted octanol–water partition coefficient (Wildman–Crippen LogP) is 1.82. The molecule has 70 valence electrons. The summed E-state index contributed by atoms with van der Waals surface area (Å²) in [6.07, 6.45) is 0. The zero-order chi connectivity index (χ0) is 9.47. The third kappa shape index (κ3) is 1.66. The predicted molar refractivity (Wildman–Crippen MR) is 54.4 cm³/mol. The van der Waals surface area contributed by atoms with Gasteiger partial charge in [-0.2, -0.15) is 0 Å². The lowest BCUT2D eigenvalue weighted by atomic mass is 9.94. The molecule has 0 saturated carbocycles. The van der Waals surface area contributed by atoms with E-state index in [1.54, 1.807) is 6.07 Å². The maximum Gasteiger partial charge on any atom is 0.139 e. The van der Waals surface area contributed by atoms with Crippen LogP contribution in [0.25, 0.3) is 0 Å². The van der Waals surface area contributed by atoms with Gasteiger partial charge < -0.3 is 9.84 Å². The minimum absolute atomic E-state index is 0.342. The molecular formula is C8H7Br2NO2. The minimum atomic E-state index is -0.855. The Bertz CT molecular complexity index is 339. The molecule has 3 nitrogen and oxygen atoms in total. The fourth-order valence-electron chi connectivity index (χ4n) is 1.21. The van der Waals surface area contributed by atoms with Gasteiger partial charge in [0.1, 0.15) is 14.8 Å². The van der Waals surface area contributed by atoms with Gasteiger partial charge in [-0.1, -0.05) is 6.07 Å². The van der Waals surface area contributed by atoms with E-state index in [1.165, 1.54) is 0 Å². The lowest BCUT2D eigenvalue weighted by Gasteiger charge is -2.36. The number of hydrogen-bond acceptors (Lipinski definition) is 3. The Kier molecular flexibility index (Phi) is 2.44. The molecule has 1 aromatic rings. The quantitative estimate of drug-likeness (QED) is 0.805. The van der Waals surface area contributed by atoms with E-state index in [1.807, 2.05) is 6.07 Å². The fraction of sp³-hybridized carbons (Fsp3) is 0.375. The fourth-order valence-corrected chi connectivity index (χ4v) is 2.45. The van der Waals surface area contributed by atoms with Crippen molar-refractivity contribution in [1.82, 2.24) is 4.98 Å². The van der Waals surface area contributed by atoms with E-state index >= 15 is 0 Å². The molecule has 0 radical (unpaired) electrons. The second kappa shape index (κ2) is 3.31. The second-order valence-electron chi connectivity index (χ2n) is 3.00. The van der Waals surface area contributed by atoms with E-state index in [4.69, 9.17) is 4.74 Å². The Balaban J connectivity index is 2.40. The third-order valence-corrected chi connectivity index (χ3v) is 3.04. The SMILES string of the molecule is OC1(c2ccc(Br)nc2Br)COC1. The normalized spacial score (nSPS) is 19.6. The third-order valence-electron chi connectivity index (χ3n) is 2.00. The van der Waals surface area contributed by atoms with Crippen molar-refractivity contribution in [2.24, 2.45) is 0 Å². The molecule has 0 spiro atoms. The van der Waals surface area contributed by atoms with Crippen molar-refractivity contribution in [3.05, 3.63) is 26.9 Å². The van der Waals surface area contributed by atoms with Gasteiger partial charge in [-0.3, -0.25) is 0 Å². The Morgan fingerprint density at radius 3 is 2.54 bits per heavy atom. The maximum atomic E-state index is 9.94. The lowest BCUT2D eigenvalue weighted by Crippen LogP contribution is -2.46. The van der Waals surface area contributed by atoms with E-state index in [0.717, 1.165) is 10.2 Å². The van der Waals surface area contributed by atoms with Crippen molar-refractivity contribution >= 4 is 31.9 Å². The van der Waals surface area contributed by atoms with Crippen LogP contribution in [0.4, 0.5) is 0 Å². The first-order valence-electron chi connectivity index (χ1n) is 3.74. The molecule has 13 heavy (non-hydrogen) atoms. The topological polar surface area (TPSA) is 42.4 Å². The van der Waals surface area contributed by atoms with Gasteiger partial charge in [0.15, 0.2) is 0 Å². The van der Waals surface area contributed by atoms with Gasteiger partial charge in [0, 0.05) is 5.56 Å². The highest BCUT2D eigenvalue weighted by atomic mass is 79.9. The molecule has 0 aliphatic carbocycles. The van der Waals surface area contributed by atoms with E-state index in [2.05, 4.69) is 36.8 Å². The lowest BCUT2D eigenvalue weighted by molar-refractivity contribution is -0.185. The van der Waals surface area contributed by atoms with Crippen LogP contribution in [0.3, 0.4) is 0 Å². The summed E-state index contributed by atoms with van der Waals surface area (Å²) in [5.74, 6) is 0. The number of hydrogen-bond donors (Lipinski definition) is 1. The summed E-state index contributed by atoms with van der Waals surface area (Å²) >= 11 is 6.55. The summed E-state index contributed by atoms with van der Waals surface area (Å²) in [5, 5.41) is 9.94. The molecule has 1 aromatic heterocycles. The van der Waals surface area contributed by atoms with Crippen molar-refractivity contribution in [1.29, 1.82) is 0 Å². The Hall–Kier alpha value is 0.0300. The summed E-state index contributed by atoms with van der Waals surface area (Å²) < 4.78 is 6.37. The van der Waals surface area contributed by atoms with Gasteiger partial charge in [-0.15, -0.1) is 0 Å². The molecule has 2 rings (SSSR count). The van der Waals surface area contributed by atoms with Crippen LogP contribution < -0.4 is 0 Å². The van der Waals surface area contributed by atoms with Crippen LogP contribution >= 0.6 is 31.9 Å². The first-order chi connectivity index (χ1) is 6.12. The van der Waals surface area contributed by atoms with Crippen LogP contribution in [-0.2, 0) is 10.3 Å². The molecule has 1 aliphatic heterocycles. The summed E-state index contributed by atoms with van der Waals surface area (Å²) in [5.41, 5.74) is -0.0750. The molecule has 1 N–H and O–H groups in total. The van der Waals surface area contributed by atoms with Gasteiger partial charge in [-0.05, 0) is 37.9 Å². The maximum absolute atomic E-state index is 9.94. The highest BCUT2D eigenvalue weighted by Gasteiger charge is 2.39.